The lowest BCUT2D eigenvalue weighted by molar-refractivity contribution is -0.119. The van der Waals surface area contributed by atoms with E-state index in [1.54, 1.807) is 4.90 Å². The molecule has 2 amide bonds. The SMILES string of the molecule is COC(=O)c1sc(C(=O)N2CC[C@H](NC(C)=O)C2)cc1N. The maximum Gasteiger partial charge on any atom is 0.350 e. The van der Waals surface area contributed by atoms with Crippen molar-refractivity contribution in [2.75, 3.05) is 25.9 Å². The Balaban J connectivity index is 2.08. The van der Waals surface area contributed by atoms with Crippen LogP contribution in [0.25, 0.3) is 0 Å². The molecule has 1 saturated heterocycles. The van der Waals surface area contributed by atoms with Crippen LogP contribution in [0.3, 0.4) is 0 Å². The Labute approximate surface area is 126 Å². The van der Waals surface area contributed by atoms with Gasteiger partial charge in [0.1, 0.15) is 4.88 Å². The monoisotopic (exact) mass is 311 g/mol. The number of nitrogens with two attached hydrogens (primary N) is 1. The third-order valence-electron chi connectivity index (χ3n) is 3.23. The van der Waals surface area contributed by atoms with E-state index in [0.29, 0.717) is 18.0 Å². The van der Waals surface area contributed by atoms with Crippen molar-refractivity contribution in [1.29, 1.82) is 0 Å². The number of thiophene rings is 1. The van der Waals surface area contributed by atoms with Gasteiger partial charge in [-0.2, -0.15) is 0 Å². The zero-order chi connectivity index (χ0) is 15.6. The molecule has 0 unspecified atom stereocenters. The van der Waals surface area contributed by atoms with Crippen molar-refractivity contribution >= 4 is 34.8 Å². The number of nitrogens with one attached hydrogen (secondary N) is 1. The molecule has 114 valence electrons. The van der Waals surface area contributed by atoms with Crippen LogP contribution in [0.2, 0.25) is 0 Å². The fourth-order valence-electron chi connectivity index (χ4n) is 2.27. The lowest BCUT2D eigenvalue weighted by Gasteiger charge is -2.15. The zero-order valence-electron chi connectivity index (χ0n) is 11.8. The number of anilines is 1. The van der Waals surface area contributed by atoms with Gasteiger partial charge in [-0.3, -0.25) is 9.59 Å². The number of hydrogen-bond acceptors (Lipinski definition) is 6. The van der Waals surface area contributed by atoms with E-state index in [1.165, 1.54) is 20.1 Å². The number of rotatable bonds is 3. The van der Waals surface area contributed by atoms with Crippen LogP contribution in [0.4, 0.5) is 5.69 Å². The molecule has 1 aromatic heterocycles. The summed E-state index contributed by atoms with van der Waals surface area (Å²) in [6, 6.07) is 1.47. The molecule has 2 heterocycles. The van der Waals surface area contributed by atoms with Gasteiger partial charge >= 0.3 is 5.97 Å². The van der Waals surface area contributed by atoms with Gasteiger partial charge < -0.3 is 20.7 Å². The second kappa shape index (κ2) is 6.13. The minimum absolute atomic E-state index is 0.0242. The van der Waals surface area contributed by atoms with Gasteiger partial charge in [0.15, 0.2) is 0 Å². The summed E-state index contributed by atoms with van der Waals surface area (Å²) < 4.78 is 4.62. The van der Waals surface area contributed by atoms with Gasteiger partial charge in [0.25, 0.3) is 5.91 Å². The molecule has 1 aromatic rings. The fourth-order valence-corrected chi connectivity index (χ4v) is 3.23. The average Bonchev–Trinajstić information content (AvgIpc) is 3.03. The van der Waals surface area contributed by atoms with E-state index in [-0.39, 0.29) is 28.4 Å². The first-order valence-electron chi connectivity index (χ1n) is 6.46. The Kier molecular flexibility index (Phi) is 4.46. The van der Waals surface area contributed by atoms with Crippen LogP contribution in [0, 0.1) is 0 Å². The van der Waals surface area contributed by atoms with E-state index in [9.17, 15) is 14.4 Å². The summed E-state index contributed by atoms with van der Waals surface area (Å²) in [5.74, 6) is -0.841. The number of nitrogen functional groups attached to an aromatic ring is 1. The summed E-state index contributed by atoms with van der Waals surface area (Å²) >= 11 is 1.02. The number of esters is 1. The average molecular weight is 311 g/mol. The molecule has 0 aromatic carbocycles. The summed E-state index contributed by atoms with van der Waals surface area (Å²) in [6.45, 7) is 2.48. The smallest absolute Gasteiger partial charge is 0.350 e. The molecule has 1 aliphatic heterocycles. The molecule has 21 heavy (non-hydrogen) atoms. The highest BCUT2D eigenvalue weighted by molar-refractivity contribution is 7.16. The van der Waals surface area contributed by atoms with Crippen molar-refractivity contribution < 1.29 is 19.1 Å². The quantitative estimate of drug-likeness (QED) is 0.790. The fraction of sp³-hybridized carbons (Fsp3) is 0.462. The molecule has 8 heteroatoms. The normalized spacial score (nSPS) is 17.6. The first kappa shape index (κ1) is 15.3. The molecule has 0 aliphatic carbocycles. The zero-order valence-corrected chi connectivity index (χ0v) is 12.7. The summed E-state index contributed by atoms with van der Waals surface area (Å²) in [5.41, 5.74) is 5.97. The van der Waals surface area contributed by atoms with Gasteiger partial charge in [0, 0.05) is 26.1 Å². The molecule has 2 rings (SSSR count). The number of hydrogen-bond donors (Lipinski definition) is 2. The van der Waals surface area contributed by atoms with E-state index in [1.807, 2.05) is 0 Å². The molecule has 7 nitrogen and oxygen atoms in total. The van der Waals surface area contributed by atoms with Gasteiger partial charge in [-0.25, -0.2) is 4.79 Å². The molecule has 3 N–H and O–H groups in total. The number of amides is 2. The third kappa shape index (κ3) is 3.33. The molecular formula is C13H17N3O4S. The maximum atomic E-state index is 12.4. The van der Waals surface area contributed by atoms with Crippen molar-refractivity contribution in [2.24, 2.45) is 0 Å². The number of carbonyl (C=O) groups excluding carboxylic acids is 3. The lowest BCUT2D eigenvalue weighted by Crippen LogP contribution is -2.37. The van der Waals surface area contributed by atoms with Crippen LogP contribution in [0.1, 0.15) is 32.7 Å². The minimum atomic E-state index is -0.547. The van der Waals surface area contributed by atoms with E-state index in [4.69, 9.17) is 5.73 Å². The highest BCUT2D eigenvalue weighted by atomic mass is 32.1. The number of likely N-dealkylation sites (tertiary alicyclic amines) is 1. The van der Waals surface area contributed by atoms with Crippen LogP contribution < -0.4 is 11.1 Å². The highest BCUT2D eigenvalue weighted by Crippen LogP contribution is 2.27. The Morgan fingerprint density at radius 2 is 2.19 bits per heavy atom. The van der Waals surface area contributed by atoms with Gasteiger partial charge in [-0.15, -0.1) is 11.3 Å². The van der Waals surface area contributed by atoms with E-state index in [2.05, 4.69) is 10.1 Å². The van der Waals surface area contributed by atoms with Crippen LogP contribution in [-0.2, 0) is 9.53 Å². The first-order valence-corrected chi connectivity index (χ1v) is 7.28. The topological polar surface area (TPSA) is 102 Å². The second-order valence-corrected chi connectivity index (χ2v) is 5.88. The maximum absolute atomic E-state index is 12.4. The number of methoxy groups -OCH3 is 1. The van der Waals surface area contributed by atoms with Crippen LogP contribution in [0.5, 0.6) is 0 Å². The summed E-state index contributed by atoms with van der Waals surface area (Å²) in [6.07, 6.45) is 0.718. The van der Waals surface area contributed by atoms with Crippen LogP contribution in [0.15, 0.2) is 6.07 Å². The molecule has 1 aliphatic rings. The molecule has 0 radical (unpaired) electrons. The predicted octanol–water partition coefficient (Wildman–Crippen LogP) is 0.467. The summed E-state index contributed by atoms with van der Waals surface area (Å²) in [4.78, 5) is 37.2. The summed E-state index contributed by atoms with van der Waals surface area (Å²) in [5, 5.41) is 2.79. The summed E-state index contributed by atoms with van der Waals surface area (Å²) in [7, 11) is 1.27. The largest absolute Gasteiger partial charge is 0.465 e. The molecule has 0 saturated carbocycles. The van der Waals surface area contributed by atoms with E-state index < -0.39 is 5.97 Å². The Morgan fingerprint density at radius 1 is 1.48 bits per heavy atom. The van der Waals surface area contributed by atoms with E-state index in [0.717, 1.165) is 17.8 Å². The van der Waals surface area contributed by atoms with Gasteiger partial charge in [0.2, 0.25) is 5.91 Å². The minimum Gasteiger partial charge on any atom is -0.465 e. The Morgan fingerprint density at radius 3 is 2.81 bits per heavy atom. The Bertz CT molecular complexity index is 584. The first-order chi connectivity index (χ1) is 9.92. The van der Waals surface area contributed by atoms with Gasteiger partial charge in [-0.05, 0) is 12.5 Å². The number of ether oxygens (including phenoxy) is 1. The van der Waals surface area contributed by atoms with Crippen molar-refractivity contribution in [3.05, 3.63) is 15.8 Å². The molecule has 0 bridgehead atoms. The van der Waals surface area contributed by atoms with Crippen molar-refractivity contribution in [2.45, 2.75) is 19.4 Å². The standard InChI is InChI=1S/C13H17N3O4S/c1-7(17)15-8-3-4-16(6-8)12(18)10-5-9(14)11(21-10)13(19)20-2/h5,8H,3-4,6,14H2,1-2H3,(H,15,17)/t8-/m0/s1. The predicted molar refractivity (Wildman–Crippen MR) is 78.2 cm³/mol. The highest BCUT2D eigenvalue weighted by Gasteiger charge is 2.29. The Hall–Kier alpha value is -2.09. The van der Waals surface area contributed by atoms with Crippen LogP contribution >= 0.6 is 11.3 Å². The van der Waals surface area contributed by atoms with Gasteiger partial charge in [0.05, 0.1) is 17.7 Å². The lowest BCUT2D eigenvalue weighted by atomic mass is 10.2. The molecular weight excluding hydrogens is 294 g/mol. The van der Waals surface area contributed by atoms with Crippen molar-refractivity contribution in [3.63, 3.8) is 0 Å². The van der Waals surface area contributed by atoms with Crippen LogP contribution in [-0.4, -0.2) is 48.9 Å². The molecule has 1 fully saturated rings. The second-order valence-electron chi connectivity index (χ2n) is 4.82. The van der Waals surface area contributed by atoms with Crippen molar-refractivity contribution in [3.8, 4) is 0 Å². The molecule has 1 atom stereocenters. The number of carbonyl (C=O) groups is 3. The third-order valence-corrected chi connectivity index (χ3v) is 4.34. The molecule has 0 spiro atoms. The van der Waals surface area contributed by atoms with E-state index >= 15 is 0 Å². The van der Waals surface area contributed by atoms with Gasteiger partial charge in [-0.1, -0.05) is 0 Å². The van der Waals surface area contributed by atoms with Crippen molar-refractivity contribution in [1.82, 2.24) is 10.2 Å². The number of nitrogens with zero attached hydrogens (tertiary/aromatic N) is 1.